The van der Waals surface area contributed by atoms with Gasteiger partial charge in [-0.1, -0.05) is 30.3 Å². The van der Waals surface area contributed by atoms with Crippen molar-refractivity contribution >= 4 is 12.0 Å². The van der Waals surface area contributed by atoms with Gasteiger partial charge in [-0.25, -0.2) is 4.79 Å². The molecule has 0 spiro atoms. The monoisotopic (exact) mass is 364 g/mol. The minimum atomic E-state index is -0.484. The van der Waals surface area contributed by atoms with Crippen LogP contribution in [0, 0.1) is 5.92 Å². The van der Waals surface area contributed by atoms with E-state index in [-0.39, 0.29) is 37.4 Å². The summed E-state index contributed by atoms with van der Waals surface area (Å²) in [6, 6.07) is 9.32. The molecule has 1 aliphatic rings. The molecule has 2 rings (SSSR count). The largest absolute Gasteiger partial charge is 0.445 e. The summed E-state index contributed by atoms with van der Waals surface area (Å²) >= 11 is 0. The normalized spacial score (nSPS) is 22.5. The zero-order chi connectivity index (χ0) is 18.9. The number of nitrogens with zero attached hydrogens (tertiary/aromatic N) is 1. The predicted octanol–water partition coefficient (Wildman–Crippen LogP) is 2.16. The maximum atomic E-state index is 12.4. The molecule has 26 heavy (non-hydrogen) atoms. The smallest absolute Gasteiger partial charge is 0.407 e. The molecular formula is C19H28N2O5. The second kappa shape index (κ2) is 10.1. The standard InChI is InChI=1S/C19H28N2O5/c1-21(2)18(22)15-9-16(11-17(10-15)26-13-24-3)20-19(23)25-12-14-7-5-4-6-8-14/h4-8,15-17H,9-13H2,1-3H3,(H,20,23)/t15-,16+,17-/m1/s1. The average Bonchev–Trinajstić information content (AvgIpc) is 2.64. The molecule has 3 atom stereocenters. The number of benzene rings is 1. The van der Waals surface area contributed by atoms with E-state index in [1.807, 2.05) is 30.3 Å². The number of alkyl carbamates (subject to hydrolysis) is 1. The van der Waals surface area contributed by atoms with E-state index in [2.05, 4.69) is 5.32 Å². The van der Waals surface area contributed by atoms with Gasteiger partial charge in [-0.2, -0.15) is 0 Å². The number of rotatable bonds is 7. The highest BCUT2D eigenvalue weighted by Gasteiger charge is 2.35. The van der Waals surface area contributed by atoms with Gasteiger partial charge in [-0.15, -0.1) is 0 Å². The van der Waals surface area contributed by atoms with Crippen LogP contribution < -0.4 is 5.32 Å². The van der Waals surface area contributed by atoms with Gasteiger partial charge in [0.1, 0.15) is 13.4 Å². The van der Waals surface area contributed by atoms with E-state index >= 15 is 0 Å². The number of ether oxygens (including phenoxy) is 3. The molecule has 0 aromatic heterocycles. The van der Waals surface area contributed by atoms with Gasteiger partial charge in [0.05, 0.1) is 6.10 Å². The van der Waals surface area contributed by atoms with Crippen molar-refractivity contribution in [2.75, 3.05) is 28.0 Å². The third-order valence-corrected chi connectivity index (χ3v) is 4.41. The second-order valence-corrected chi connectivity index (χ2v) is 6.73. The van der Waals surface area contributed by atoms with E-state index in [0.717, 1.165) is 5.56 Å². The van der Waals surface area contributed by atoms with Gasteiger partial charge in [-0.05, 0) is 24.8 Å². The van der Waals surface area contributed by atoms with Gasteiger partial charge in [0.25, 0.3) is 0 Å². The second-order valence-electron chi connectivity index (χ2n) is 6.73. The van der Waals surface area contributed by atoms with Crippen molar-refractivity contribution in [3.8, 4) is 0 Å². The summed E-state index contributed by atoms with van der Waals surface area (Å²) < 4.78 is 15.9. The quantitative estimate of drug-likeness (QED) is 0.750. The van der Waals surface area contributed by atoms with Gasteiger partial charge in [0, 0.05) is 33.2 Å². The Labute approximate surface area is 154 Å². The van der Waals surface area contributed by atoms with E-state index in [1.54, 1.807) is 26.1 Å². The first-order chi connectivity index (χ1) is 12.5. The lowest BCUT2D eigenvalue weighted by molar-refractivity contribution is -0.139. The van der Waals surface area contributed by atoms with Gasteiger partial charge in [0.15, 0.2) is 0 Å². The first kappa shape index (κ1) is 20.2. The van der Waals surface area contributed by atoms with E-state index < -0.39 is 6.09 Å². The Kier molecular flexibility index (Phi) is 7.87. The summed E-state index contributed by atoms with van der Waals surface area (Å²) in [6.07, 6.45) is 1.20. The van der Waals surface area contributed by atoms with Crippen LogP contribution in [0.15, 0.2) is 30.3 Å². The van der Waals surface area contributed by atoms with Crippen molar-refractivity contribution in [3.05, 3.63) is 35.9 Å². The molecule has 144 valence electrons. The van der Waals surface area contributed by atoms with E-state index in [0.29, 0.717) is 19.3 Å². The molecule has 1 fully saturated rings. The zero-order valence-corrected chi connectivity index (χ0v) is 15.6. The van der Waals surface area contributed by atoms with Crippen molar-refractivity contribution in [3.63, 3.8) is 0 Å². The zero-order valence-electron chi connectivity index (χ0n) is 15.6. The summed E-state index contributed by atoms with van der Waals surface area (Å²) in [5, 5.41) is 2.87. The van der Waals surface area contributed by atoms with Crippen molar-refractivity contribution in [1.82, 2.24) is 10.2 Å². The molecular weight excluding hydrogens is 336 g/mol. The molecule has 1 aromatic carbocycles. The number of carbonyl (C=O) groups excluding carboxylic acids is 2. The highest BCUT2D eigenvalue weighted by molar-refractivity contribution is 5.78. The first-order valence-corrected chi connectivity index (χ1v) is 8.78. The molecule has 7 heteroatoms. The fourth-order valence-corrected chi connectivity index (χ4v) is 3.18. The average molecular weight is 364 g/mol. The molecule has 0 radical (unpaired) electrons. The van der Waals surface area contributed by atoms with Gasteiger partial charge < -0.3 is 24.4 Å². The Bertz CT molecular complexity index is 579. The number of carbonyl (C=O) groups is 2. The number of hydrogen-bond acceptors (Lipinski definition) is 5. The number of methoxy groups -OCH3 is 1. The van der Waals surface area contributed by atoms with Gasteiger partial charge in [-0.3, -0.25) is 4.79 Å². The summed E-state index contributed by atoms with van der Waals surface area (Å²) in [5.74, 6) is -0.153. The molecule has 2 amide bonds. The topological polar surface area (TPSA) is 77.1 Å². The minimum absolute atomic E-state index is 0.0418. The molecule has 1 aliphatic carbocycles. The fraction of sp³-hybridized carbons (Fsp3) is 0.579. The molecule has 0 saturated heterocycles. The summed E-state index contributed by atoms with van der Waals surface area (Å²) in [5.41, 5.74) is 0.924. The lowest BCUT2D eigenvalue weighted by atomic mass is 9.83. The molecule has 7 nitrogen and oxygen atoms in total. The third-order valence-electron chi connectivity index (χ3n) is 4.41. The Hall–Kier alpha value is -2.12. The van der Waals surface area contributed by atoms with Crippen LogP contribution in [0.1, 0.15) is 24.8 Å². The van der Waals surface area contributed by atoms with Crippen LogP contribution in [0.5, 0.6) is 0 Å². The van der Waals surface area contributed by atoms with Crippen molar-refractivity contribution < 1.29 is 23.8 Å². The maximum Gasteiger partial charge on any atom is 0.407 e. The Balaban J connectivity index is 1.90. The van der Waals surface area contributed by atoms with Crippen molar-refractivity contribution in [2.24, 2.45) is 5.92 Å². The molecule has 0 bridgehead atoms. The van der Waals surface area contributed by atoms with E-state index in [9.17, 15) is 9.59 Å². The van der Waals surface area contributed by atoms with Crippen LogP contribution in [0.25, 0.3) is 0 Å². The van der Waals surface area contributed by atoms with Gasteiger partial charge in [0.2, 0.25) is 5.91 Å². The SMILES string of the molecule is COCO[C@H]1C[C@@H](NC(=O)OCc2ccccc2)C[C@@H](C(=O)N(C)C)C1. The fourth-order valence-electron chi connectivity index (χ4n) is 3.18. The molecule has 1 N–H and O–H groups in total. The van der Waals surface area contributed by atoms with Crippen LogP contribution in [0.4, 0.5) is 4.79 Å². The Morgan fingerprint density at radius 2 is 1.88 bits per heavy atom. The molecule has 1 saturated carbocycles. The van der Waals surface area contributed by atoms with Crippen LogP contribution >= 0.6 is 0 Å². The van der Waals surface area contributed by atoms with E-state index in [1.165, 1.54) is 0 Å². The summed E-state index contributed by atoms with van der Waals surface area (Å²) in [7, 11) is 5.03. The lowest BCUT2D eigenvalue weighted by Crippen LogP contribution is -2.46. The third kappa shape index (κ3) is 6.31. The Morgan fingerprint density at radius 3 is 2.54 bits per heavy atom. The van der Waals surface area contributed by atoms with Crippen LogP contribution in [0.2, 0.25) is 0 Å². The highest BCUT2D eigenvalue weighted by Crippen LogP contribution is 2.28. The molecule has 1 aromatic rings. The summed E-state index contributed by atoms with van der Waals surface area (Å²) in [6.45, 7) is 0.377. The maximum absolute atomic E-state index is 12.4. The van der Waals surface area contributed by atoms with E-state index in [4.69, 9.17) is 14.2 Å². The van der Waals surface area contributed by atoms with Crippen LogP contribution in [0.3, 0.4) is 0 Å². The predicted molar refractivity (Wildman–Crippen MR) is 96.3 cm³/mol. The Morgan fingerprint density at radius 1 is 1.15 bits per heavy atom. The molecule has 0 aliphatic heterocycles. The van der Waals surface area contributed by atoms with Gasteiger partial charge >= 0.3 is 6.09 Å². The highest BCUT2D eigenvalue weighted by atomic mass is 16.7. The molecule has 0 heterocycles. The van der Waals surface area contributed by atoms with Crippen molar-refractivity contribution in [1.29, 1.82) is 0 Å². The number of nitrogens with one attached hydrogen (secondary N) is 1. The number of hydrogen-bond donors (Lipinski definition) is 1. The minimum Gasteiger partial charge on any atom is -0.445 e. The summed E-state index contributed by atoms with van der Waals surface area (Å²) in [4.78, 5) is 26.1. The lowest BCUT2D eigenvalue weighted by Gasteiger charge is -2.35. The first-order valence-electron chi connectivity index (χ1n) is 8.78. The molecule has 0 unspecified atom stereocenters. The van der Waals surface area contributed by atoms with Crippen molar-refractivity contribution in [2.45, 2.75) is 38.0 Å². The number of amides is 2. The van der Waals surface area contributed by atoms with Crippen LogP contribution in [-0.2, 0) is 25.6 Å². The van der Waals surface area contributed by atoms with Crippen LogP contribution in [-0.4, -0.2) is 57.0 Å².